The molecule has 1 aliphatic rings. The van der Waals surface area contributed by atoms with E-state index in [0.717, 1.165) is 38.0 Å². The molecule has 1 aliphatic heterocycles. The van der Waals surface area contributed by atoms with Gasteiger partial charge in [-0.1, -0.05) is 31.2 Å². The van der Waals surface area contributed by atoms with Crippen molar-refractivity contribution in [2.75, 3.05) is 13.1 Å². The molecule has 3 rings (SSSR count). The number of phenolic OH excluding ortho intramolecular Hbond substituents is 1. The molecule has 0 saturated carbocycles. The number of nitriles is 1. The Kier molecular flexibility index (Phi) is 5.06. The van der Waals surface area contributed by atoms with Gasteiger partial charge in [0.1, 0.15) is 11.6 Å². The molecule has 4 heteroatoms. The molecule has 0 amide bonds. The van der Waals surface area contributed by atoms with Gasteiger partial charge >= 0.3 is 0 Å². The second kappa shape index (κ2) is 7.25. The van der Waals surface area contributed by atoms with Crippen LogP contribution in [0.1, 0.15) is 31.7 Å². The van der Waals surface area contributed by atoms with Crippen LogP contribution in [0.4, 0.5) is 4.39 Å². The highest BCUT2D eigenvalue weighted by molar-refractivity contribution is 5.70. The molecule has 0 bridgehead atoms. The largest absolute Gasteiger partial charge is 0.507 e. The number of halogens is 1. The molecule has 0 aliphatic carbocycles. The van der Waals surface area contributed by atoms with E-state index in [-0.39, 0.29) is 17.0 Å². The summed E-state index contributed by atoms with van der Waals surface area (Å²) in [6.45, 7) is 4.89. The molecule has 0 atom stereocenters. The van der Waals surface area contributed by atoms with Crippen molar-refractivity contribution < 1.29 is 9.50 Å². The van der Waals surface area contributed by atoms with Gasteiger partial charge in [0, 0.05) is 18.5 Å². The van der Waals surface area contributed by atoms with E-state index in [9.17, 15) is 9.50 Å². The Morgan fingerprint density at radius 1 is 1.20 bits per heavy atom. The highest BCUT2D eigenvalue weighted by Crippen LogP contribution is 2.35. The Balaban J connectivity index is 1.67. The third-order valence-electron chi connectivity index (χ3n) is 5.17. The summed E-state index contributed by atoms with van der Waals surface area (Å²) < 4.78 is 13.4. The summed E-state index contributed by atoms with van der Waals surface area (Å²) >= 11 is 0. The van der Waals surface area contributed by atoms with E-state index in [4.69, 9.17) is 5.26 Å². The molecule has 2 aromatic rings. The smallest absolute Gasteiger partial charge is 0.123 e. The predicted molar refractivity (Wildman–Crippen MR) is 96.3 cm³/mol. The molecule has 0 aromatic heterocycles. The quantitative estimate of drug-likeness (QED) is 0.878. The van der Waals surface area contributed by atoms with Crippen LogP contribution >= 0.6 is 0 Å². The fourth-order valence-corrected chi connectivity index (χ4v) is 3.45. The minimum atomic E-state index is -0.310. The van der Waals surface area contributed by atoms with Crippen molar-refractivity contribution in [1.82, 2.24) is 4.90 Å². The zero-order chi connectivity index (χ0) is 17.9. The summed E-state index contributed by atoms with van der Waals surface area (Å²) in [6, 6.07) is 14.2. The first-order valence-corrected chi connectivity index (χ1v) is 8.66. The van der Waals surface area contributed by atoms with E-state index in [0.29, 0.717) is 17.5 Å². The second-order valence-corrected chi connectivity index (χ2v) is 7.28. The maximum atomic E-state index is 13.4. The van der Waals surface area contributed by atoms with E-state index in [1.54, 1.807) is 18.2 Å². The first-order chi connectivity index (χ1) is 12.0. The highest BCUT2D eigenvalue weighted by atomic mass is 19.1. The average molecular weight is 338 g/mol. The summed E-state index contributed by atoms with van der Waals surface area (Å²) in [4.78, 5) is 2.36. The van der Waals surface area contributed by atoms with Crippen molar-refractivity contribution in [2.24, 2.45) is 5.41 Å². The van der Waals surface area contributed by atoms with Crippen molar-refractivity contribution in [1.29, 1.82) is 5.26 Å². The number of aromatic hydroxyl groups is 1. The molecule has 25 heavy (non-hydrogen) atoms. The van der Waals surface area contributed by atoms with E-state index < -0.39 is 0 Å². The summed E-state index contributed by atoms with van der Waals surface area (Å²) in [5.74, 6) is -0.135. The predicted octanol–water partition coefficient (Wildman–Crippen LogP) is 4.71. The lowest BCUT2D eigenvalue weighted by molar-refractivity contribution is 0.116. The molecule has 0 unspecified atom stereocenters. The Bertz CT molecular complexity index is 789. The van der Waals surface area contributed by atoms with Crippen molar-refractivity contribution in [2.45, 2.75) is 32.7 Å². The van der Waals surface area contributed by atoms with Crippen LogP contribution in [0.5, 0.6) is 5.75 Å². The van der Waals surface area contributed by atoms with Crippen LogP contribution in [0.25, 0.3) is 11.1 Å². The first kappa shape index (κ1) is 17.4. The van der Waals surface area contributed by atoms with Gasteiger partial charge < -0.3 is 5.11 Å². The van der Waals surface area contributed by atoms with Gasteiger partial charge in [-0.15, -0.1) is 0 Å². The van der Waals surface area contributed by atoms with Crippen LogP contribution in [0.2, 0.25) is 0 Å². The summed E-state index contributed by atoms with van der Waals surface area (Å²) in [5.41, 5.74) is 2.49. The molecule has 0 spiro atoms. The first-order valence-electron chi connectivity index (χ1n) is 8.66. The number of hydrogen-bond donors (Lipinski definition) is 1. The molecule has 2 aromatic carbocycles. The molecule has 3 nitrogen and oxygen atoms in total. The number of likely N-dealkylation sites (tertiary alicyclic amines) is 1. The molecule has 0 radical (unpaired) electrons. The van der Waals surface area contributed by atoms with Crippen LogP contribution in [-0.4, -0.2) is 23.1 Å². The monoisotopic (exact) mass is 338 g/mol. The van der Waals surface area contributed by atoms with Crippen molar-refractivity contribution >= 4 is 0 Å². The second-order valence-electron chi connectivity index (χ2n) is 7.28. The van der Waals surface area contributed by atoms with E-state index in [1.807, 2.05) is 12.1 Å². The fourth-order valence-electron chi connectivity index (χ4n) is 3.45. The zero-order valence-corrected chi connectivity index (χ0v) is 14.5. The third-order valence-corrected chi connectivity index (χ3v) is 5.17. The molecule has 1 saturated heterocycles. The van der Waals surface area contributed by atoms with Gasteiger partial charge in [-0.05, 0) is 60.7 Å². The maximum Gasteiger partial charge on any atom is 0.123 e. The SMILES string of the molecule is CC1(CC#N)CCN(Cc2ccc(-c3cccc(F)c3)c(O)c2)CC1. The van der Waals surface area contributed by atoms with Gasteiger partial charge in [0.2, 0.25) is 0 Å². The highest BCUT2D eigenvalue weighted by Gasteiger charge is 2.29. The van der Waals surface area contributed by atoms with Crippen LogP contribution in [0.3, 0.4) is 0 Å². The van der Waals surface area contributed by atoms with Crippen LogP contribution in [-0.2, 0) is 6.54 Å². The normalized spacial score (nSPS) is 17.2. The molecule has 1 fully saturated rings. The Morgan fingerprint density at radius 2 is 1.96 bits per heavy atom. The van der Waals surface area contributed by atoms with E-state index >= 15 is 0 Å². The van der Waals surface area contributed by atoms with Gasteiger partial charge in [0.15, 0.2) is 0 Å². The van der Waals surface area contributed by atoms with Crippen molar-refractivity contribution in [3.8, 4) is 22.9 Å². The fraction of sp³-hybridized carbons (Fsp3) is 0.381. The third kappa shape index (κ3) is 4.18. The van der Waals surface area contributed by atoms with Crippen molar-refractivity contribution in [3.63, 3.8) is 0 Å². The minimum Gasteiger partial charge on any atom is -0.507 e. The van der Waals surface area contributed by atoms with Crippen molar-refractivity contribution in [3.05, 3.63) is 53.8 Å². The van der Waals surface area contributed by atoms with Crippen LogP contribution in [0, 0.1) is 22.6 Å². The number of nitrogens with zero attached hydrogens (tertiary/aromatic N) is 2. The number of rotatable bonds is 4. The van der Waals surface area contributed by atoms with Gasteiger partial charge in [0.25, 0.3) is 0 Å². The number of phenols is 1. The van der Waals surface area contributed by atoms with Gasteiger partial charge in [0.05, 0.1) is 6.07 Å². The Labute approximate surface area is 148 Å². The van der Waals surface area contributed by atoms with Crippen LogP contribution < -0.4 is 0 Å². The summed E-state index contributed by atoms with van der Waals surface area (Å²) in [6.07, 6.45) is 2.66. The number of benzene rings is 2. The molecule has 130 valence electrons. The van der Waals surface area contributed by atoms with Gasteiger partial charge in [-0.25, -0.2) is 4.39 Å². The lowest BCUT2D eigenvalue weighted by Gasteiger charge is -2.38. The molecule has 1 N–H and O–H groups in total. The Hall–Kier alpha value is -2.38. The van der Waals surface area contributed by atoms with E-state index in [1.165, 1.54) is 12.1 Å². The summed E-state index contributed by atoms with van der Waals surface area (Å²) in [5, 5.41) is 19.3. The number of piperidine rings is 1. The zero-order valence-electron chi connectivity index (χ0n) is 14.5. The molecular weight excluding hydrogens is 315 g/mol. The van der Waals surface area contributed by atoms with Gasteiger partial charge in [-0.2, -0.15) is 5.26 Å². The topological polar surface area (TPSA) is 47.3 Å². The van der Waals surface area contributed by atoms with Crippen LogP contribution in [0.15, 0.2) is 42.5 Å². The maximum absolute atomic E-state index is 13.4. The minimum absolute atomic E-state index is 0.134. The lowest BCUT2D eigenvalue weighted by atomic mass is 9.78. The van der Waals surface area contributed by atoms with E-state index in [2.05, 4.69) is 17.9 Å². The molecule has 1 heterocycles. The van der Waals surface area contributed by atoms with Gasteiger partial charge in [-0.3, -0.25) is 4.90 Å². The molecular formula is C21H23FN2O. The summed E-state index contributed by atoms with van der Waals surface area (Å²) in [7, 11) is 0. The Morgan fingerprint density at radius 3 is 2.60 bits per heavy atom. The standard InChI is InChI=1S/C21H23FN2O/c1-21(7-10-23)8-11-24(12-9-21)15-16-5-6-19(20(25)13-16)17-3-2-4-18(22)14-17/h2-6,13-14,25H,7-9,11-12,15H2,1H3. The number of hydrogen-bond acceptors (Lipinski definition) is 3. The average Bonchev–Trinajstić information content (AvgIpc) is 2.57. The lowest BCUT2D eigenvalue weighted by Crippen LogP contribution is -2.38.